The second kappa shape index (κ2) is 10.3. The molecule has 0 saturated heterocycles. The summed E-state index contributed by atoms with van der Waals surface area (Å²) in [6.07, 6.45) is 3.22. The van der Waals surface area contributed by atoms with E-state index < -0.39 is 0 Å². The Bertz CT molecular complexity index is 1040. The minimum atomic E-state index is -0.0613. The van der Waals surface area contributed by atoms with Crippen molar-refractivity contribution in [2.75, 3.05) is 5.75 Å². The van der Waals surface area contributed by atoms with E-state index in [1.807, 2.05) is 30.3 Å². The van der Waals surface area contributed by atoms with E-state index in [4.69, 9.17) is 4.42 Å². The molecule has 4 rings (SSSR count). The number of hydrogen-bond donors (Lipinski definition) is 1. The van der Waals surface area contributed by atoms with E-state index in [1.54, 1.807) is 23.7 Å². The smallest absolute Gasteiger partial charge is 0.230 e. The maximum atomic E-state index is 12.2. The van der Waals surface area contributed by atoms with Crippen molar-refractivity contribution in [1.29, 1.82) is 0 Å². The number of thioether (sulfide) groups is 1. The van der Waals surface area contributed by atoms with Crippen LogP contribution < -0.4 is 5.32 Å². The molecule has 154 valence electrons. The number of aryl methyl sites for hydroxylation is 1. The molecule has 0 spiro atoms. The number of aromatic nitrogens is 3. The van der Waals surface area contributed by atoms with E-state index in [0.29, 0.717) is 6.54 Å². The van der Waals surface area contributed by atoms with Crippen LogP contribution in [-0.4, -0.2) is 26.4 Å². The van der Waals surface area contributed by atoms with Crippen molar-refractivity contribution in [2.45, 2.75) is 31.1 Å². The highest BCUT2D eigenvalue weighted by molar-refractivity contribution is 7.99. The third-order valence-electron chi connectivity index (χ3n) is 4.55. The van der Waals surface area contributed by atoms with Gasteiger partial charge in [-0.3, -0.25) is 4.79 Å². The van der Waals surface area contributed by atoms with Crippen LogP contribution >= 0.6 is 23.1 Å². The van der Waals surface area contributed by atoms with E-state index in [2.05, 4.69) is 43.7 Å². The predicted octanol–water partition coefficient (Wildman–Crippen LogP) is 4.17. The molecule has 0 radical (unpaired) electrons. The molecule has 0 saturated carbocycles. The molecule has 0 aliphatic heterocycles. The van der Waals surface area contributed by atoms with Gasteiger partial charge in [0, 0.05) is 17.8 Å². The van der Waals surface area contributed by atoms with E-state index in [-0.39, 0.29) is 11.7 Å². The molecule has 1 amide bonds. The Morgan fingerprint density at radius 3 is 2.77 bits per heavy atom. The number of furan rings is 1. The number of carbonyl (C=O) groups excluding carboxylic acids is 1. The second-order valence-corrected chi connectivity index (χ2v) is 8.66. The summed E-state index contributed by atoms with van der Waals surface area (Å²) in [5.74, 6) is 1.88. The standard InChI is InChI=1S/C22H22N4O2S2/c27-21(23-15-18-8-4-12-28-18)16-30-22-25-24-20(14-19-9-5-13-29-19)26(22)11-10-17-6-2-1-3-7-17/h1-9,12-13H,10-11,14-16H2,(H,23,27). The third kappa shape index (κ3) is 5.61. The number of rotatable bonds is 10. The van der Waals surface area contributed by atoms with Crippen molar-refractivity contribution in [3.63, 3.8) is 0 Å². The average molecular weight is 439 g/mol. The first kappa shape index (κ1) is 20.4. The molecule has 0 aliphatic carbocycles. The summed E-state index contributed by atoms with van der Waals surface area (Å²) >= 11 is 3.12. The van der Waals surface area contributed by atoms with Crippen LogP contribution in [0.1, 0.15) is 22.0 Å². The Balaban J connectivity index is 1.41. The van der Waals surface area contributed by atoms with Crippen LogP contribution in [-0.2, 0) is 30.7 Å². The van der Waals surface area contributed by atoms with E-state index in [9.17, 15) is 4.79 Å². The van der Waals surface area contributed by atoms with Crippen molar-refractivity contribution in [3.8, 4) is 0 Å². The van der Waals surface area contributed by atoms with Crippen molar-refractivity contribution in [2.24, 2.45) is 0 Å². The van der Waals surface area contributed by atoms with Gasteiger partial charge in [0.05, 0.1) is 18.6 Å². The van der Waals surface area contributed by atoms with Crippen LogP contribution in [0.2, 0.25) is 0 Å². The maximum Gasteiger partial charge on any atom is 0.230 e. The zero-order valence-electron chi connectivity index (χ0n) is 16.4. The van der Waals surface area contributed by atoms with Crippen LogP contribution in [0.15, 0.2) is 75.8 Å². The highest BCUT2D eigenvalue weighted by Gasteiger charge is 2.15. The summed E-state index contributed by atoms with van der Waals surface area (Å²) in [6.45, 7) is 1.16. The lowest BCUT2D eigenvalue weighted by molar-refractivity contribution is -0.118. The van der Waals surface area contributed by atoms with Gasteiger partial charge < -0.3 is 14.3 Å². The van der Waals surface area contributed by atoms with Gasteiger partial charge in [-0.25, -0.2) is 0 Å². The van der Waals surface area contributed by atoms with Crippen LogP contribution in [0.5, 0.6) is 0 Å². The van der Waals surface area contributed by atoms with Gasteiger partial charge >= 0.3 is 0 Å². The molecule has 0 atom stereocenters. The van der Waals surface area contributed by atoms with Gasteiger partial charge in [0.2, 0.25) is 5.91 Å². The van der Waals surface area contributed by atoms with E-state index in [0.717, 1.165) is 36.1 Å². The lowest BCUT2D eigenvalue weighted by atomic mass is 10.1. The van der Waals surface area contributed by atoms with Gasteiger partial charge in [-0.2, -0.15) is 0 Å². The van der Waals surface area contributed by atoms with Gasteiger partial charge in [-0.1, -0.05) is 48.2 Å². The number of amides is 1. The summed E-state index contributed by atoms with van der Waals surface area (Å²) in [5, 5.41) is 14.5. The molecular weight excluding hydrogens is 416 g/mol. The number of carbonyl (C=O) groups is 1. The Kier molecular flexibility index (Phi) is 6.99. The lowest BCUT2D eigenvalue weighted by Gasteiger charge is -2.10. The number of nitrogens with one attached hydrogen (secondary N) is 1. The lowest BCUT2D eigenvalue weighted by Crippen LogP contribution is -2.24. The number of nitrogens with zero attached hydrogens (tertiary/aromatic N) is 3. The minimum absolute atomic E-state index is 0.0613. The van der Waals surface area contributed by atoms with Gasteiger partial charge in [0.1, 0.15) is 11.6 Å². The van der Waals surface area contributed by atoms with Crippen molar-refractivity contribution in [1.82, 2.24) is 20.1 Å². The fraction of sp³-hybridized carbons (Fsp3) is 0.227. The quantitative estimate of drug-likeness (QED) is 0.376. The van der Waals surface area contributed by atoms with Crippen LogP contribution in [0.4, 0.5) is 0 Å². The normalized spacial score (nSPS) is 10.9. The van der Waals surface area contributed by atoms with E-state index in [1.165, 1.54) is 22.2 Å². The Hall–Kier alpha value is -2.84. The van der Waals surface area contributed by atoms with Crippen molar-refractivity contribution < 1.29 is 9.21 Å². The Morgan fingerprint density at radius 1 is 1.10 bits per heavy atom. The first-order chi connectivity index (χ1) is 14.8. The number of thiophene rings is 1. The van der Waals surface area contributed by atoms with Crippen LogP contribution in [0.3, 0.4) is 0 Å². The van der Waals surface area contributed by atoms with Crippen LogP contribution in [0.25, 0.3) is 0 Å². The topological polar surface area (TPSA) is 73.0 Å². The molecule has 6 nitrogen and oxygen atoms in total. The zero-order chi connectivity index (χ0) is 20.6. The highest BCUT2D eigenvalue weighted by atomic mass is 32.2. The summed E-state index contributed by atoms with van der Waals surface area (Å²) in [6, 6.07) is 18.2. The molecule has 0 aliphatic rings. The van der Waals surface area contributed by atoms with Gasteiger partial charge in [0.25, 0.3) is 0 Å². The summed E-state index contributed by atoms with van der Waals surface area (Å²) in [4.78, 5) is 13.5. The third-order valence-corrected chi connectivity index (χ3v) is 6.39. The Labute approximate surface area is 183 Å². The molecule has 3 heterocycles. The van der Waals surface area contributed by atoms with Gasteiger partial charge in [0.15, 0.2) is 5.16 Å². The second-order valence-electron chi connectivity index (χ2n) is 6.69. The highest BCUT2D eigenvalue weighted by Crippen LogP contribution is 2.21. The monoisotopic (exact) mass is 438 g/mol. The summed E-state index contributed by atoms with van der Waals surface area (Å²) < 4.78 is 7.38. The van der Waals surface area contributed by atoms with Gasteiger partial charge in [-0.15, -0.1) is 21.5 Å². The SMILES string of the molecule is O=C(CSc1nnc(Cc2cccs2)n1CCc1ccccc1)NCc1ccco1. The largest absolute Gasteiger partial charge is 0.467 e. The number of benzene rings is 1. The summed E-state index contributed by atoms with van der Waals surface area (Å²) in [7, 11) is 0. The molecule has 30 heavy (non-hydrogen) atoms. The Morgan fingerprint density at radius 2 is 2.00 bits per heavy atom. The van der Waals surface area contributed by atoms with Gasteiger partial charge in [-0.05, 0) is 35.6 Å². The zero-order valence-corrected chi connectivity index (χ0v) is 18.0. The molecule has 0 fully saturated rings. The molecule has 4 aromatic rings. The summed E-state index contributed by atoms with van der Waals surface area (Å²) in [5.41, 5.74) is 1.26. The molecule has 0 unspecified atom stereocenters. The molecule has 3 aromatic heterocycles. The number of hydrogen-bond acceptors (Lipinski definition) is 6. The fourth-order valence-corrected chi connectivity index (χ4v) is 4.53. The molecule has 1 N–H and O–H groups in total. The minimum Gasteiger partial charge on any atom is -0.467 e. The van der Waals surface area contributed by atoms with Crippen molar-refractivity contribution >= 4 is 29.0 Å². The molecule has 1 aromatic carbocycles. The first-order valence-corrected chi connectivity index (χ1v) is 11.5. The molecular formula is C22H22N4O2S2. The fourth-order valence-electron chi connectivity index (χ4n) is 3.02. The molecule has 0 bridgehead atoms. The maximum absolute atomic E-state index is 12.2. The van der Waals surface area contributed by atoms with Crippen molar-refractivity contribution in [3.05, 3.63) is 88.3 Å². The average Bonchev–Trinajstić information content (AvgIpc) is 3.53. The predicted molar refractivity (Wildman–Crippen MR) is 119 cm³/mol. The first-order valence-electron chi connectivity index (χ1n) is 9.68. The van der Waals surface area contributed by atoms with Crippen LogP contribution in [0, 0.1) is 0 Å². The molecule has 8 heteroatoms. The van der Waals surface area contributed by atoms with E-state index >= 15 is 0 Å².